The molecular formula is C13H20BrNOS. The zero-order chi connectivity index (χ0) is 12.7. The molecule has 1 unspecified atom stereocenters. The second-order valence-electron chi connectivity index (χ2n) is 4.15. The number of ether oxygens (including phenoxy) is 1. The normalized spacial score (nSPS) is 12.5. The van der Waals surface area contributed by atoms with Gasteiger partial charge in [-0.05, 0) is 42.2 Å². The van der Waals surface area contributed by atoms with E-state index in [1.165, 1.54) is 11.3 Å². The summed E-state index contributed by atoms with van der Waals surface area (Å²) in [4.78, 5) is 0. The average molecular weight is 318 g/mol. The second kappa shape index (κ2) is 8.01. The number of thioether (sulfide) groups is 1. The van der Waals surface area contributed by atoms with Crippen molar-refractivity contribution in [3.8, 4) is 5.75 Å². The molecule has 1 atom stereocenters. The Morgan fingerprint density at radius 2 is 2.24 bits per heavy atom. The van der Waals surface area contributed by atoms with Crippen LogP contribution >= 0.6 is 27.7 Å². The van der Waals surface area contributed by atoms with Crippen LogP contribution in [0.25, 0.3) is 0 Å². The highest BCUT2D eigenvalue weighted by Crippen LogP contribution is 2.22. The van der Waals surface area contributed by atoms with Crippen LogP contribution in [0.4, 0.5) is 0 Å². The van der Waals surface area contributed by atoms with Crippen molar-refractivity contribution < 1.29 is 4.74 Å². The summed E-state index contributed by atoms with van der Waals surface area (Å²) in [6.45, 7) is 4.22. The Kier molecular flexibility index (Phi) is 7.00. The van der Waals surface area contributed by atoms with E-state index in [-0.39, 0.29) is 0 Å². The molecule has 0 amide bonds. The Morgan fingerprint density at radius 1 is 1.47 bits per heavy atom. The van der Waals surface area contributed by atoms with Crippen LogP contribution in [0.3, 0.4) is 0 Å². The Balaban J connectivity index is 2.41. The van der Waals surface area contributed by atoms with Gasteiger partial charge in [-0.15, -0.1) is 0 Å². The molecule has 0 spiro atoms. The zero-order valence-corrected chi connectivity index (χ0v) is 13.0. The van der Waals surface area contributed by atoms with Crippen molar-refractivity contribution in [2.45, 2.75) is 13.5 Å². The molecule has 4 heteroatoms. The van der Waals surface area contributed by atoms with Crippen molar-refractivity contribution in [3.63, 3.8) is 0 Å². The topological polar surface area (TPSA) is 21.3 Å². The van der Waals surface area contributed by atoms with Gasteiger partial charge in [0.15, 0.2) is 0 Å². The first kappa shape index (κ1) is 14.9. The Bertz CT molecular complexity index is 346. The molecule has 0 heterocycles. The van der Waals surface area contributed by atoms with Crippen LogP contribution in [-0.2, 0) is 6.54 Å². The standard InChI is InChI=1S/C13H20BrNOS/c1-10(9-17-3)7-15-8-11-4-5-12(16-2)6-13(11)14/h4-6,10,15H,7-9H2,1-3H3. The number of halogens is 1. The molecule has 0 bridgehead atoms. The van der Waals surface area contributed by atoms with Gasteiger partial charge < -0.3 is 10.1 Å². The highest BCUT2D eigenvalue weighted by atomic mass is 79.9. The summed E-state index contributed by atoms with van der Waals surface area (Å²) < 4.78 is 6.27. The van der Waals surface area contributed by atoms with Crippen molar-refractivity contribution in [2.75, 3.05) is 25.7 Å². The van der Waals surface area contributed by atoms with E-state index in [1.807, 2.05) is 23.9 Å². The summed E-state index contributed by atoms with van der Waals surface area (Å²) in [5, 5.41) is 3.48. The van der Waals surface area contributed by atoms with Crippen LogP contribution in [0.15, 0.2) is 22.7 Å². The molecule has 0 fully saturated rings. The smallest absolute Gasteiger partial charge is 0.120 e. The summed E-state index contributed by atoms with van der Waals surface area (Å²) in [7, 11) is 1.68. The van der Waals surface area contributed by atoms with Crippen LogP contribution in [0.1, 0.15) is 12.5 Å². The minimum Gasteiger partial charge on any atom is -0.497 e. The first-order valence-electron chi connectivity index (χ1n) is 5.69. The monoisotopic (exact) mass is 317 g/mol. The molecule has 1 N–H and O–H groups in total. The van der Waals surface area contributed by atoms with Gasteiger partial charge in [-0.3, -0.25) is 0 Å². The van der Waals surface area contributed by atoms with Gasteiger partial charge in [-0.25, -0.2) is 0 Å². The number of methoxy groups -OCH3 is 1. The molecule has 0 saturated heterocycles. The van der Waals surface area contributed by atoms with Crippen molar-refractivity contribution in [1.82, 2.24) is 5.32 Å². The minimum absolute atomic E-state index is 0.710. The molecule has 17 heavy (non-hydrogen) atoms. The SMILES string of the molecule is COc1ccc(CNCC(C)CSC)c(Br)c1. The van der Waals surface area contributed by atoms with Crippen molar-refractivity contribution in [2.24, 2.45) is 5.92 Å². The number of hydrogen-bond donors (Lipinski definition) is 1. The van der Waals surface area contributed by atoms with E-state index in [9.17, 15) is 0 Å². The van der Waals surface area contributed by atoms with E-state index < -0.39 is 0 Å². The van der Waals surface area contributed by atoms with Gasteiger partial charge in [0.25, 0.3) is 0 Å². The van der Waals surface area contributed by atoms with Gasteiger partial charge in [-0.1, -0.05) is 28.9 Å². The highest BCUT2D eigenvalue weighted by Gasteiger charge is 2.03. The number of hydrogen-bond acceptors (Lipinski definition) is 3. The molecule has 0 radical (unpaired) electrons. The lowest BCUT2D eigenvalue weighted by Gasteiger charge is -2.12. The maximum absolute atomic E-state index is 5.17. The van der Waals surface area contributed by atoms with Gasteiger partial charge >= 0.3 is 0 Å². The molecule has 2 nitrogen and oxygen atoms in total. The van der Waals surface area contributed by atoms with Crippen LogP contribution in [-0.4, -0.2) is 25.7 Å². The quantitative estimate of drug-likeness (QED) is 0.831. The maximum atomic E-state index is 5.17. The molecule has 1 aromatic carbocycles. The van der Waals surface area contributed by atoms with Gasteiger partial charge in [0, 0.05) is 11.0 Å². The predicted molar refractivity (Wildman–Crippen MR) is 79.9 cm³/mol. The predicted octanol–water partition coefficient (Wildman–Crippen LogP) is 3.55. The molecular weight excluding hydrogens is 298 g/mol. The molecule has 0 aliphatic rings. The number of rotatable bonds is 7. The average Bonchev–Trinajstić information content (AvgIpc) is 2.31. The molecule has 96 valence electrons. The number of benzene rings is 1. The summed E-state index contributed by atoms with van der Waals surface area (Å²) >= 11 is 5.46. The lowest BCUT2D eigenvalue weighted by molar-refractivity contribution is 0.414. The van der Waals surface area contributed by atoms with E-state index in [1.54, 1.807) is 7.11 Å². The fourth-order valence-electron chi connectivity index (χ4n) is 1.60. The van der Waals surface area contributed by atoms with Crippen LogP contribution in [0.5, 0.6) is 5.75 Å². The lowest BCUT2D eigenvalue weighted by atomic mass is 10.2. The zero-order valence-electron chi connectivity index (χ0n) is 10.6. The van der Waals surface area contributed by atoms with Crippen molar-refractivity contribution in [1.29, 1.82) is 0 Å². The summed E-state index contributed by atoms with van der Waals surface area (Å²) in [6.07, 6.45) is 2.15. The minimum atomic E-state index is 0.710. The van der Waals surface area contributed by atoms with Gasteiger partial charge in [-0.2, -0.15) is 11.8 Å². The van der Waals surface area contributed by atoms with Gasteiger partial charge in [0.05, 0.1) is 7.11 Å². The largest absolute Gasteiger partial charge is 0.497 e. The molecule has 1 aromatic rings. The first-order chi connectivity index (χ1) is 8.17. The fourth-order valence-corrected chi connectivity index (χ4v) is 2.78. The van der Waals surface area contributed by atoms with Crippen LogP contribution in [0, 0.1) is 5.92 Å². The van der Waals surface area contributed by atoms with E-state index in [4.69, 9.17) is 4.74 Å². The van der Waals surface area contributed by atoms with Crippen LogP contribution < -0.4 is 10.1 Å². The molecule has 0 aliphatic heterocycles. The number of nitrogens with one attached hydrogen (secondary N) is 1. The fraction of sp³-hybridized carbons (Fsp3) is 0.538. The van der Waals surface area contributed by atoms with Gasteiger partial charge in [0.1, 0.15) is 5.75 Å². The van der Waals surface area contributed by atoms with Crippen molar-refractivity contribution >= 4 is 27.7 Å². The Labute approximate surface area is 117 Å². The van der Waals surface area contributed by atoms with Crippen molar-refractivity contribution in [3.05, 3.63) is 28.2 Å². The van der Waals surface area contributed by atoms with E-state index in [0.717, 1.165) is 23.3 Å². The molecule has 1 rings (SSSR count). The second-order valence-corrected chi connectivity index (χ2v) is 5.91. The van der Waals surface area contributed by atoms with E-state index in [0.29, 0.717) is 5.92 Å². The van der Waals surface area contributed by atoms with Crippen LogP contribution in [0.2, 0.25) is 0 Å². The molecule has 0 aromatic heterocycles. The summed E-state index contributed by atoms with van der Waals surface area (Å²) in [6, 6.07) is 6.09. The highest BCUT2D eigenvalue weighted by molar-refractivity contribution is 9.10. The maximum Gasteiger partial charge on any atom is 0.120 e. The first-order valence-corrected chi connectivity index (χ1v) is 7.88. The van der Waals surface area contributed by atoms with Gasteiger partial charge in [0.2, 0.25) is 0 Å². The van der Waals surface area contributed by atoms with E-state index in [2.05, 4.69) is 40.5 Å². The summed E-state index contributed by atoms with van der Waals surface area (Å²) in [5.74, 6) is 2.80. The summed E-state index contributed by atoms with van der Waals surface area (Å²) in [5.41, 5.74) is 1.27. The lowest BCUT2D eigenvalue weighted by Crippen LogP contribution is -2.22. The third-order valence-corrected chi connectivity index (χ3v) is 4.16. The Morgan fingerprint density at radius 3 is 2.82 bits per heavy atom. The van der Waals surface area contributed by atoms with E-state index >= 15 is 0 Å². The third-order valence-electron chi connectivity index (χ3n) is 2.52. The molecule has 0 aliphatic carbocycles. The molecule has 0 saturated carbocycles. The Hall–Kier alpha value is -0.190. The third kappa shape index (κ3) is 5.32.